The van der Waals surface area contributed by atoms with Crippen molar-refractivity contribution in [1.29, 1.82) is 0 Å². The summed E-state index contributed by atoms with van der Waals surface area (Å²) < 4.78 is 0. The number of aromatic nitrogens is 2. The van der Waals surface area contributed by atoms with Crippen molar-refractivity contribution in [1.82, 2.24) is 19.8 Å². The molecular weight excluding hydrogens is 296 g/mol. The lowest BCUT2D eigenvalue weighted by Crippen LogP contribution is -2.43. The standard InChI is InChI=1S/C20H22N4/c1-23-10-12-24(13-11-23)15-16-7-8-19(22-14-16)18-6-2-4-17-5-3-9-21-20(17)18/h2-9,14H,10-13,15H2,1H3. The van der Waals surface area contributed by atoms with Crippen LogP contribution in [0.25, 0.3) is 22.2 Å². The zero-order valence-electron chi connectivity index (χ0n) is 14.0. The monoisotopic (exact) mass is 318 g/mol. The lowest BCUT2D eigenvalue weighted by atomic mass is 10.1. The van der Waals surface area contributed by atoms with Crippen molar-refractivity contribution in [2.45, 2.75) is 6.54 Å². The Balaban J connectivity index is 1.55. The summed E-state index contributed by atoms with van der Waals surface area (Å²) in [6.45, 7) is 5.53. The number of benzene rings is 1. The molecule has 0 aliphatic carbocycles. The molecule has 0 atom stereocenters. The highest BCUT2D eigenvalue weighted by Crippen LogP contribution is 2.25. The number of likely N-dealkylation sites (N-methyl/N-ethyl adjacent to an activating group) is 1. The van der Waals surface area contributed by atoms with Gasteiger partial charge in [-0.15, -0.1) is 0 Å². The molecule has 2 aromatic heterocycles. The van der Waals surface area contributed by atoms with Crippen LogP contribution in [0.15, 0.2) is 54.9 Å². The van der Waals surface area contributed by atoms with E-state index in [0.29, 0.717) is 0 Å². The van der Waals surface area contributed by atoms with E-state index in [1.54, 1.807) is 0 Å². The molecule has 0 N–H and O–H groups in total. The summed E-state index contributed by atoms with van der Waals surface area (Å²) in [5.41, 5.74) is 4.37. The Bertz CT molecular complexity index is 815. The second-order valence-corrected chi connectivity index (χ2v) is 6.51. The lowest BCUT2D eigenvalue weighted by molar-refractivity contribution is 0.148. The molecule has 0 spiro atoms. The van der Waals surface area contributed by atoms with Crippen molar-refractivity contribution >= 4 is 10.9 Å². The summed E-state index contributed by atoms with van der Waals surface area (Å²) in [6, 6.07) is 14.6. The van der Waals surface area contributed by atoms with Gasteiger partial charge in [0, 0.05) is 56.1 Å². The predicted molar refractivity (Wildman–Crippen MR) is 97.7 cm³/mol. The molecule has 1 aliphatic heterocycles. The Labute approximate surface area is 142 Å². The Kier molecular flexibility index (Phi) is 4.24. The maximum absolute atomic E-state index is 4.70. The molecule has 24 heavy (non-hydrogen) atoms. The fourth-order valence-corrected chi connectivity index (χ4v) is 3.25. The van der Waals surface area contributed by atoms with Crippen molar-refractivity contribution in [3.8, 4) is 11.3 Å². The van der Waals surface area contributed by atoms with Gasteiger partial charge in [-0.3, -0.25) is 14.9 Å². The molecule has 1 aromatic carbocycles. The van der Waals surface area contributed by atoms with Crippen LogP contribution < -0.4 is 0 Å². The maximum atomic E-state index is 4.70. The van der Waals surface area contributed by atoms with Gasteiger partial charge < -0.3 is 4.90 Å². The van der Waals surface area contributed by atoms with Crippen molar-refractivity contribution in [3.05, 3.63) is 60.4 Å². The van der Waals surface area contributed by atoms with Crippen LogP contribution in [0.1, 0.15) is 5.56 Å². The van der Waals surface area contributed by atoms with E-state index < -0.39 is 0 Å². The molecule has 0 saturated carbocycles. The summed E-state index contributed by atoms with van der Waals surface area (Å²) in [7, 11) is 2.19. The van der Waals surface area contributed by atoms with Crippen LogP contribution in [0, 0.1) is 0 Å². The minimum atomic E-state index is 0.981. The largest absolute Gasteiger partial charge is 0.304 e. The van der Waals surface area contributed by atoms with Gasteiger partial charge in [-0.25, -0.2) is 0 Å². The fraction of sp³-hybridized carbons (Fsp3) is 0.300. The fourth-order valence-electron chi connectivity index (χ4n) is 3.25. The molecular formula is C20H22N4. The second kappa shape index (κ2) is 6.67. The summed E-state index contributed by atoms with van der Waals surface area (Å²) in [6.07, 6.45) is 3.85. The van der Waals surface area contributed by atoms with E-state index in [0.717, 1.165) is 54.9 Å². The van der Waals surface area contributed by atoms with Crippen LogP contribution in [0.2, 0.25) is 0 Å². The molecule has 4 rings (SSSR count). The highest BCUT2D eigenvalue weighted by molar-refractivity contribution is 5.92. The normalized spacial score (nSPS) is 16.5. The van der Waals surface area contributed by atoms with Gasteiger partial charge in [-0.2, -0.15) is 0 Å². The van der Waals surface area contributed by atoms with Gasteiger partial charge in [0.15, 0.2) is 0 Å². The van der Waals surface area contributed by atoms with Crippen molar-refractivity contribution in [2.75, 3.05) is 33.2 Å². The minimum Gasteiger partial charge on any atom is -0.304 e. The van der Waals surface area contributed by atoms with Crippen LogP contribution in [-0.4, -0.2) is 53.0 Å². The lowest BCUT2D eigenvalue weighted by Gasteiger charge is -2.32. The molecule has 122 valence electrons. The smallest absolute Gasteiger partial charge is 0.0795 e. The molecule has 3 heterocycles. The average molecular weight is 318 g/mol. The number of fused-ring (bicyclic) bond motifs is 1. The first-order chi connectivity index (χ1) is 11.8. The van der Waals surface area contributed by atoms with E-state index in [2.05, 4.69) is 58.2 Å². The van der Waals surface area contributed by atoms with Crippen molar-refractivity contribution in [3.63, 3.8) is 0 Å². The van der Waals surface area contributed by atoms with Gasteiger partial charge in [0.1, 0.15) is 0 Å². The van der Waals surface area contributed by atoms with E-state index in [9.17, 15) is 0 Å². The third-order valence-corrected chi connectivity index (χ3v) is 4.74. The van der Waals surface area contributed by atoms with Crippen LogP contribution in [0.3, 0.4) is 0 Å². The molecule has 0 unspecified atom stereocenters. The molecule has 4 heteroatoms. The molecule has 4 nitrogen and oxygen atoms in total. The Morgan fingerprint density at radius 1 is 0.917 bits per heavy atom. The highest BCUT2D eigenvalue weighted by Gasteiger charge is 2.14. The molecule has 1 aliphatic rings. The van der Waals surface area contributed by atoms with Gasteiger partial charge >= 0.3 is 0 Å². The highest BCUT2D eigenvalue weighted by atomic mass is 15.2. The molecule has 0 radical (unpaired) electrons. The second-order valence-electron chi connectivity index (χ2n) is 6.51. The maximum Gasteiger partial charge on any atom is 0.0795 e. The van der Waals surface area contributed by atoms with Crippen LogP contribution in [-0.2, 0) is 6.54 Å². The number of hydrogen-bond acceptors (Lipinski definition) is 4. The third-order valence-electron chi connectivity index (χ3n) is 4.74. The molecule has 3 aromatic rings. The summed E-state index contributed by atoms with van der Waals surface area (Å²) >= 11 is 0. The first-order valence-corrected chi connectivity index (χ1v) is 8.49. The van der Waals surface area contributed by atoms with Crippen LogP contribution in [0.4, 0.5) is 0 Å². The molecule has 0 bridgehead atoms. The topological polar surface area (TPSA) is 32.3 Å². The minimum absolute atomic E-state index is 0.981. The SMILES string of the molecule is CN1CCN(Cc2ccc(-c3cccc4cccnc34)nc2)CC1. The van der Waals surface area contributed by atoms with E-state index in [4.69, 9.17) is 4.98 Å². The zero-order chi connectivity index (χ0) is 16.4. The molecule has 1 saturated heterocycles. The number of nitrogens with zero attached hydrogens (tertiary/aromatic N) is 4. The number of hydrogen-bond donors (Lipinski definition) is 0. The first-order valence-electron chi connectivity index (χ1n) is 8.49. The third kappa shape index (κ3) is 3.16. The number of rotatable bonds is 3. The number of pyridine rings is 2. The summed E-state index contributed by atoms with van der Waals surface area (Å²) in [4.78, 5) is 14.1. The Hall–Kier alpha value is -2.30. The van der Waals surface area contributed by atoms with Gasteiger partial charge in [-0.1, -0.05) is 30.3 Å². The van der Waals surface area contributed by atoms with Gasteiger partial charge in [0.2, 0.25) is 0 Å². The Morgan fingerprint density at radius 3 is 2.54 bits per heavy atom. The number of piperazine rings is 1. The summed E-state index contributed by atoms with van der Waals surface area (Å²) in [5, 5.41) is 1.15. The van der Waals surface area contributed by atoms with Gasteiger partial charge in [0.25, 0.3) is 0 Å². The average Bonchev–Trinajstić information content (AvgIpc) is 2.64. The van der Waals surface area contributed by atoms with E-state index in [-0.39, 0.29) is 0 Å². The quantitative estimate of drug-likeness (QED) is 0.743. The summed E-state index contributed by atoms with van der Waals surface area (Å²) in [5.74, 6) is 0. The van der Waals surface area contributed by atoms with E-state index in [1.807, 2.05) is 18.5 Å². The van der Waals surface area contributed by atoms with Crippen molar-refractivity contribution < 1.29 is 0 Å². The van der Waals surface area contributed by atoms with Crippen LogP contribution >= 0.6 is 0 Å². The molecule has 0 amide bonds. The molecule has 1 fully saturated rings. The van der Waals surface area contributed by atoms with Gasteiger partial charge in [-0.05, 0) is 24.7 Å². The predicted octanol–water partition coefficient (Wildman–Crippen LogP) is 3.04. The van der Waals surface area contributed by atoms with Gasteiger partial charge in [0.05, 0.1) is 11.2 Å². The van der Waals surface area contributed by atoms with E-state index >= 15 is 0 Å². The van der Waals surface area contributed by atoms with Crippen molar-refractivity contribution in [2.24, 2.45) is 0 Å². The van der Waals surface area contributed by atoms with E-state index in [1.165, 1.54) is 5.56 Å². The number of para-hydroxylation sites is 1. The zero-order valence-corrected chi connectivity index (χ0v) is 14.0. The first kappa shape index (κ1) is 15.2. The Morgan fingerprint density at radius 2 is 1.75 bits per heavy atom. The van der Waals surface area contributed by atoms with Crippen LogP contribution in [0.5, 0.6) is 0 Å².